The van der Waals surface area contributed by atoms with Crippen molar-refractivity contribution in [2.75, 3.05) is 12.4 Å². The Bertz CT molecular complexity index is 1180. The second kappa shape index (κ2) is 12.0. The van der Waals surface area contributed by atoms with E-state index >= 15 is 0 Å². The monoisotopic (exact) mass is 488 g/mol. The van der Waals surface area contributed by atoms with E-state index in [9.17, 15) is 4.79 Å². The lowest BCUT2D eigenvalue weighted by Gasteiger charge is -2.23. The first-order valence-electron chi connectivity index (χ1n) is 12.1. The van der Waals surface area contributed by atoms with Gasteiger partial charge < -0.3 is 31.0 Å². The zero-order chi connectivity index (χ0) is 25.3. The molecule has 0 bridgehead atoms. The highest BCUT2D eigenvalue weighted by Crippen LogP contribution is 2.33. The number of amidine groups is 1. The number of hydrogen-bond donors (Lipinski definition) is 4. The van der Waals surface area contributed by atoms with Crippen molar-refractivity contribution in [3.63, 3.8) is 0 Å². The molecule has 0 radical (unpaired) electrons. The predicted molar refractivity (Wildman–Crippen MR) is 139 cm³/mol. The van der Waals surface area contributed by atoms with Gasteiger partial charge in [-0.2, -0.15) is 0 Å². The molecule has 1 saturated carbocycles. The van der Waals surface area contributed by atoms with Crippen LogP contribution in [0.15, 0.2) is 78.0 Å². The first-order chi connectivity index (χ1) is 17.6. The number of hydrogen-bond acceptors (Lipinski definition) is 6. The Kier molecular flexibility index (Phi) is 8.28. The zero-order valence-corrected chi connectivity index (χ0v) is 20.3. The van der Waals surface area contributed by atoms with Crippen LogP contribution in [0.1, 0.15) is 48.4 Å². The first kappa shape index (κ1) is 24.9. The van der Waals surface area contributed by atoms with Gasteiger partial charge in [0.1, 0.15) is 12.6 Å². The molecule has 3 aromatic carbocycles. The molecule has 8 nitrogen and oxygen atoms in total. The van der Waals surface area contributed by atoms with Gasteiger partial charge in [0.05, 0.1) is 7.11 Å². The number of methoxy groups -OCH3 is 1. The lowest BCUT2D eigenvalue weighted by atomic mass is 10.0. The van der Waals surface area contributed by atoms with E-state index in [0.29, 0.717) is 23.7 Å². The molecule has 0 aliphatic heterocycles. The van der Waals surface area contributed by atoms with Gasteiger partial charge in [-0.1, -0.05) is 54.4 Å². The minimum Gasteiger partial charge on any atom is -0.493 e. The fourth-order valence-electron chi connectivity index (χ4n) is 4.33. The van der Waals surface area contributed by atoms with Crippen LogP contribution in [0.3, 0.4) is 0 Å². The molecule has 1 atom stereocenters. The van der Waals surface area contributed by atoms with E-state index in [1.807, 2.05) is 48.5 Å². The zero-order valence-electron chi connectivity index (χ0n) is 20.3. The Hall–Kier alpha value is -4.20. The Morgan fingerprint density at radius 3 is 2.44 bits per heavy atom. The Balaban J connectivity index is 1.57. The summed E-state index contributed by atoms with van der Waals surface area (Å²) in [6, 6.07) is 22.0. The van der Waals surface area contributed by atoms with Crippen molar-refractivity contribution in [1.82, 2.24) is 5.32 Å². The third-order valence-corrected chi connectivity index (χ3v) is 6.32. The molecule has 3 aromatic rings. The number of amides is 1. The number of rotatable bonds is 10. The van der Waals surface area contributed by atoms with Crippen LogP contribution in [0.4, 0.5) is 5.69 Å². The summed E-state index contributed by atoms with van der Waals surface area (Å²) in [5, 5.41) is 18.5. The van der Waals surface area contributed by atoms with Crippen molar-refractivity contribution in [2.24, 2.45) is 10.9 Å². The highest BCUT2D eigenvalue weighted by Gasteiger charge is 2.26. The molecule has 0 heterocycles. The fraction of sp³-hybridized carbons (Fsp3) is 0.286. The number of nitrogens with two attached hydrogens (primary N) is 1. The molecule has 5 N–H and O–H groups in total. The second-order valence-corrected chi connectivity index (χ2v) is 8.81. The van der Waals surface area contributed by atoms with Crippen molar-refractivity contribution < 1.29 is 19.5 Å². The molecule has 1 fully saturated rings. The summed E-state index contributed by atoms with van der Waals surface area (Å²) in [6.07, 6.45) is 4.23. The van der Waals surface area contributed by atoms with E-state index in [1.54, 1.807) is 31.4 Å². The molecule has 8 heteroatoms. The maximum atomic E-state index is 13.4. The summed E-state index contributed by atoms with van der Waals surface area (Å²) in [4.78, 5) is 13.4. The van der Waals surface area contributed by atoms with E-state index < -0.39 is 6.04 Å². The van der Waals surface area contributed by atoms with Gasteiger partial charge >= 0.3 is 0 Å². The summed E-state index contributed by atoms with van der Waals surface area (Å²) in [5.41, 5.74) is 8.77. The minimum atomic E-state index is -0.655. The molecular formula is C28H32N4O4. The van der Waals surface area contributed by atoms with Gasteiger partial charge in [0.25, 0.3) is 0 Å². The number of nitrogens with zero attached hydrogens (tertiary/aromatic N) is 1. The molecule has 0 saturated heterocycles. The smallest absolute Gasteiger partial charge is 0.247 e. The quantitative estimate of drug-likeness (QED) is 0.144. The van der Waals surface area contributed by atoms with Crippen molar-refractivity contribution in [2.45, 2.75) is 44.4 Å². The number of oxime groups is 1. The van der Waals surface area contributed by atoms with Crippen LogP contribution < -0.4 is 25.8 Å². The molecule has 0 spiro atoms. The van der Waals surface area contributed by atoms with Gasteiger partial charge in [-0.3, -0.25) is 4.79 Å². The molecule has 1 aliphatic carbocycles. The Labute approximate surface area is 211 Å². The van der Waals surface area contributed by atoms with Gasteiger partial charge in [-0.25, -0.2) is 0 Å². The SMILES string of the molecule is COc1cc(C(Nc2ccc(C(N)=NO)cc2)C(=O)NC2CCCC2)ccc1OCc1ccccc1. The van der Waals surface area contributed by atoms with Crippen LogP contribution in [0.25, 0.3) is 0 Å². The van der Waals surface area contributed by atoms with Gasteiger partial charge in [0.15, 0.2) is 17.3 Å². The minimum absolute atomic E-state index is 0.0212. The second-order valence-electron chi connectivity index (χ2n) is 8.81. The summed E-state index contributed by atoms with van der Waals surface area (Å²) in [5.74, 6) is 1.06. The van der Waals surface area contributed by atoms with Crippen LogP contribution in [0, 0.1) is 0 Å². The molecule has 1 amide bonds. The van der Waals surface area contributed by atoms with E-state index in [-0.39, 0.29) is 17.8 Å². The maximum absolute atomic E-state index is 13.4. The average Bonchev–Trinajstić information content (AvgIpc) is 3.44. The van der Waals surface area contributed by atoms with E-state index in [0.717, 1.165) is 42.5 Å². The van der Waals surface area contributed by atoms with E-state index in [4.69, 9.17) is 20.4 Å². The predicted octanol–water partition coefficient (Wildman–Crippen LogP) is 4.58. The molecule has 1 unspecified atom stereocenters. The highest BCUT2D eigenvalue weighted by molar-refractivity contribution is 5.97. The standard InChI is InChI=1S/C28H32N4O4/c1-35-25-17-21(13-16-24(25)36-18-19-7-3-2-4-8-19)26(28(33)31-22-9-5-6-10-22)30-23-14-11-20(12-15-23)27(29)32-34/h2-4,7-8,11-17,22,26,30,34H,5-6,9-10,18H2,1H3,(H2,29,32)(H,31,33). The lowest BCUT2D eigenvalue weighted by molar-refractivity contribution is -0.122. The van der Waals surface area contributed by atoms with Gasteiger partial charge in [0, 0.05) is 17.3 Å². The Morgan fingerprint density at radius 1 is 1.06 bits per heavy atom. The lowest BCUT2D eigenvalue weighted by Crippen LogP contribution is -2.39. The topological polar surface area (TPSA) is 118 Å². The van der Waals surface area contributed by atoms with Crippen molar-refractivity contribution >= 4 is 17.4 Å². The van der Waals surface area contributed by atoms with Crippen LogP contribution in [0.2, 0.25) is 0 Å². The number of carbonyl (C=O) groups excluding carboxylic acids is 1. The largest absolute Gasteiger partial charge is 0.493 e. The highest BCUT2D eigenvalue weighted by atomic mass is 16.5. The maximum Gasteiger partial charge on any atom is 0.247 e. The fourth-order valence-corrected chi connectivity index (χ4v) is 4.33. The normalized spacial score (nSPS) is 14.8. The van der Waals surface area contributed by atoms with Gasteiger partial charge in [-0.15, -0.1) is 0 Å². The number of ether oxygens (including phenoxy) is 2. The molecular weight excluding hydrogens is 456 g/mol. The molecule has 36 heavy (non-hydrogen) atoms. The average molecular weight is 489 g/mol. The van der Waals surface area contributed by atoms with Crippen LogP contribution in [-0.2, 0) is 11.4 Å². The van der Waals surface area contributed by atoms with Crippen molar-refractivity contribution in [1.29, 1.82) is 0 Å². The number of benzene rings is 3. The van der Waals surface area contributed by atoms with Gasteiger partial charge in [-0.05, 0) is 60.4 Å². The molecule has 188 valence electrons. The van der Waals surface area contributed by atoms with Crippen molar-refractivity contribution in [3.8, 4) is 11.5 Å². The van der Waals surface area contributed by atoms with Gasteiger partial charge in [0.2, 0.25) is 5.91 Å². The number of nitrogens with one attached hydrogen (secondary N) is 2. The van der Waals surface area contributed by atoms with Crippen LogP contribution in [-0.4, -0.2) is 30.1 Å². The Morgan fingerprint density at radius 2 is 1.78 bits per heavy atom. The van der Waals surface area contributed by atoms with Crippen molar-refractivity contribution in [3.05, 3.63) is 89.5 Å². The molecule has 0 aromatic heterocycles. The number of carbonyl (C=O) groups is 1. The summed E-state index contributed by atoms with van der Waals surface area (Å²) in [6.45, 7) is 0.410. The first-order valence-corrected chi connectivity index (χ1v) is 12.1. The van der Waals surface area contributed by atoms with E-state index in [2.05, 4.69) is 15.8 Å². The third kappa shape index (κ3) is 6.27. The molecule has 1 aliphatic rings. The number of anilines is 1. The van der Waals surface area contributed by atoms with E-state index in [1.165, 1.54) is 0 Å². The summed E-state index contributed by atoms with van der Waals surface area (Å²) >= 11 is 0. The molecule has 4 rings (SSSR count). The van der Waals surface area contributed by atoms with Crippen LogP contribution in [0.5, 0.6) is 11.5 Å². The summed E-state index contributed by atoms with van der Waals surface area (Å²) in [7, 11) is 1.58. The van der Waals surface area contributed by atoms with Crippen LogP contribution >= 0.6 is 0 Å². The third-order valence-electron chi connectivity index (χ3n) is 6.32. The summed E-state index contributed by atoms with van der Waals surface area (Å²) < 4.78 is 11.6.